The van der Waals surface area contributed by atoms with E-state index in [1.54, 1.807) is 12.1 Å². The zero-order valence-corrected chi connectivity index (χ0v) is 16.7. The van der Waals surface area contributed by atoms with Gasteiger partial charge in [-0.3, -0.25) is 4.79 Å². The van der Waals surface area contributed by atoms with Crippen LogP contribution in [-0.2, 0) is 4.79 Å². The van der Waals surface area contributed by atoms with Crippen LogP contribution in [0, 0.1) is 17.7 Å². The van der Waals surface area contributed by atoms with Crippen molar-refractivity contribution >= 4 is 27.5 Å². The second-order valence-corrected chi connectivity index (χ2v) is 8.41. The van der Waals surface area contributed by atoms with Gasteiger partial charge in [0.15, 0.2) is 6.61 Å². The average molecular weight is 399 g/mol. The Labute approximate surface area is 167 Å². The molecular formula is C21H22FN3O2S. The summed E-state index contributed by atoms with van der Waals surface area (Å²) in [6, 6.07) is 6.28. The molecule has 0 saturated carbocycles. The van der Waals surface area contributed by atoms with Crippen molar-refractivity contribution in [1.82, 2.24) is 14.9 Å². The standard InChI is InChI=1S/C21H22FN3O2S/c1-13-7-14(2)9-25(8-13)18(26)10-27-20-19-17(11-28-21(19)24-12-23-20)15-3-5-16(22)6-4-15/h3-6,11-14H,7-10H2,1-2H3. The van der Waals surface area contributed by atoms with Gasteiger partial charge in [-0.25, -0.2) is 14.4 Å². The van der Waals surface area contributed by atoms with Crippen molar-refractivity contribution < 1.29 is 13.9 Å². The molecule has 28 heavy (non-hydrogen) atoms. The number of amides is 1. The summed E-state index contributed by atoms with van der Waals surface area (Å²) in [5.41, 5.74) is 1.74. The van der Waals surface area contributed by atoms with E-state index in [9.17, 15) is 9.18 Å². The third kappa shape index (κ3) is 3.85. The Morgan fingerprint density at radius 3 is 2.64 bits per heavy atom. The number of piperidine rings is 1. The van der Waals surface area contributed by atoms with Gasteiger partial charge in [-0.2, -0.15) is 0 Å². The summed E-state index contributed by atoms with van der Waals surface area (Å²) in [7, 11) is 0. The molecule has 3 heterocycles. The monoisotopic (exact) mass is 399 g/mol. The van der Waals surface area contributed by atoms with Gasteiger partial charge in [-0.15, -0.1) is 11.3 Å². The maximum atomic E-state index is 13.3. The van der Waals surface area contributed by atoms with E-state index in [0.717, 1.165) is 40.9 Å². The van der Waals surface area contributed by atoms with Crippen molar-refractivity contribution in [2.24, 2.45) is 11.8 Å². The molecule has 3 aromatic rings. The summed E-state index contributed by atoms with van der Waals surface area (Å²) in [5, 5.41) is 2.71. The Bertz CT molecular complexity index is 979. The van der Waals surface area contributed by atoms with Gasteiger partial charge in [0.1, 0.15) is 17.0 Å². The molecule has 0 N–H and O–H groups in total. The third-order valence-corrected chi connectivity index (χ3v) is 5.93. The van der Waals surface area contributed by atoms with Crippen molar-refractivity contribution in [2.75, 3.05) is 19.7 Å². The van der Waals surface area contributed by atoms with Crippen LogP contribution in [0.2, 0.25) is 0 Å². The summed E-state index contributed by atoms with van der Waals surface area (Å²) in [5.74, 6) is 1.08. The van der Waals surface area contributed by atoms with Crippen LogP contribution in [-0.4, -0.2) is 40.5 Å². The molecule has 146 valence electrons. The summed E-state index contributed by atoms with van der Waals surface area (Å²) in [6.07, 6.45) is 2.59. The third-order valence-electron chi connectivity index (χ3n) is 5.04. The minimum Gasteiger partial charge on any atom is -0.467 e. The molecule has 0 aliphatic carbocycles. The normalized spacial score (nSPS) is 19.8. The first kappa shape index (κ1) is 18.8. The van der Waals surface area contributed by atoms with Crippen molar-refractivity contribution in [1.29, 1.82) is 0 Å². The second kappa shape index (κ2) is 7.83. The Morgan fingerprint density at radius 1 is 1.21 bits per heavy atom. The highest BCUT2D eigenvalue weighted by atomic mass is 32.1. The molecule has 2 unspecified atom stereocenters. The Balaban J connectivity index is 1.56. The van der Waals surface area contributed by atoms with Gasteiger partial charge >= 0.3 is 0 Å². The minimum absolute atomic E-state index is 0.0243. The summed E-state index contributed by atoms with van der Waals surface area (Å²) in [4.78, 5) is 23.9. The van der Waals surface area contributed by atoms with Gasteiger partial charge in [0.05, 0.1) is 5.39 Å². The van der Waals surface area contributed by atoms with E-state index in [4.69, 9.17) is 4.74 Å². The van der Waals surface area contributed by atoms with Crippen LogP contribution in [0.5, 0.6) is 5.88 Å². The molecule has 1 amide bonds. The molecule has 2 aromatic heterocycles. The van der Waals surface area contributed by atoms with Crippen LogP contribution >= 0.6 is 11.3 Å². The molecule has 1 saturated heterocycles. The van der Waals surface area contributed by atoms with Gasteiger partial charge in [0, 0.05) is 24.0 Å². The molecule has 7 heteroatoms. The van der Waals surface area contributed by atoms with Gasteiger partial charge < -0.3 is 9.64 Å². The number of halogens is 1. The number of hydrogen-bond acceptors (Lipinski definition) is 5. The number of benzene rings is 1. The number of hydrogen-bond donors (Lipinski definition) is 0. The fourth-order valence-electron chi connectivity index (χ4n) is 3.89. The maximum absolute atomic E-state index is 13.3. The molecule has 0 radical (unpaired) electrons. The van der Waals surface area contributed by atoms with Gasteiger partial charge in [0.25, 0.3) is 5.91 Å². The highest BCUT2D eigenvalue weighted by Crippen LogP contribution is 2.37. The van der Waals surface area contributed by atoms with E-state index in [2.05, 4.69) is 23.8 Å². The number of aromatic nitrogens is 2. The Kier molecular flexibility index (Phi) is 5.26. The van der Waals surface area contributed by atoms with Crippen molar-refractivity contribution in [3.05, 3.63) is 41.8 Å². The molecular weight excluding hydrogens is 377 g/mol. The fourth-order valence-corrected chi connectivity index (χ4v) is 4.79. The number of carbonyl (C=O) groups is 1. The lowest BCUT2D eigenvalue weighted by Crippen LogP contribution is -2.44. The SMILES string of the molecule is CC1CC(C)CN(C(=O)COc2ncnc3scc(-c4ccc(F)cc4)c23)C1. The minimum atomic E-state index is -0.286. The molecule has 1 aliphatic heterocycles. The van der Waals surface area contributed by atoms with Crippen LogP contribution in [0.15, 0.2) is 36.0 Å². The van der Waals surface area contributed by atoms with Crippen LogP contribution in [0.3, 0.4) is 0 Å². The van der Waals surface area contributed by atoms with E-state index in [1.807, 2.05) is 10.3 Å². The van der Waals surface area contributed by atoms with Crippen LogP contribution in [0.4, 0.5) is 4.39 Å². The molecule has 1 fully saturated rings. The number of likely N-dealkylation sites (tertiary alicyclic amines) is 1. The smallest absolute Gasteiger partial charge is 0.260 e. The van der Waals surface area contributed by atoms with Crippen LogP contribution in [0.1, 0.15) is 20.3 Å². The Hall–Kier alpha value is -2.54. The molecule has 0 bridgehead atoms. The van der Waals surface area contributed by atoms with E-state index in [1.165, 1.54) is 29.8 Å². The average Bonchev–Trinajstić information content (AvgIpc) is 3.10. The predicted molar refractivity (Wildman–Crippen MR) is 108 cm³/mol. The summed E-state index contributed by atoms with van der Waals surface area (Å²) >= 11 is 1.47. The van der Waals surface area contributed by atoms with Crippen molar-refractivity contribution in [3.63, 3.8) is 0 Å². The van der Waals surface area contributed by atoms with Gasteiger partial charge in [-0.05, 0) is 36.0 Å². The molecule has 0 spiro atoms. The molecule has 5 nitrogen and oxygen atoms in total. The number of ether oxygens (including phenoxy) is 1. The first-order valence-electron chi connectivity index (χ1n) is 9.40. The van der Waals surface area contributed by atoms with E-state index < -0.39 is 0 Å². The zero-order valence-electron chi connectivity index (χ0n) is 15.9. The number of fused-ring (bicyclic) bond motifs is 1. The van der Waals surface area contributed by atoms with Gasteiger partial charge in [-0.1, -0.05) is 26.0 Å². The fraction of sp³-hybridized carbons (Fsp3) is 0.381. The molecule has 1 aromatic carbocycles. The highest BCUT2D eigenvalue weighted by Gasteiger charge is 2.26. The first-order valence-corrected chi connectivity index (χ1v) is 10.3. The summed E-state index contributed by atoms with van der Waals surface area (Å²) < 4.78 is 19.1. The van der Waals surface area contributed by atoms with E-state index in [0.29, 0.717) is 17.7 Å². The van der Waals surface area contributed by atoms with Crippen molar-refractivity contribution in [2.45, 2.75) is 20.3 Å². The van der Waals surface area contributed by atoms with Gasteiger partial charge in [0.2, 0.25) is 5.88 Å². The highest BCUT2D eigenvalue weighted by molar-refractivity contribution is 7.17. The van der Waals surface area contributed by atoms with Crippen LogP contribution < -0.4 is 4.74 Å². The van der Waals surface area contributed by atoms with Crippen molar-refractivity contribution in [3.8, 4) is 17.0 Å². The topological polar surface area (TPSA) is 55.3 Å². The Morgan fingerprint density at radius 2 is 1.93 bits per heavy atom. The number of thiophene rings is 1. The maximum Gasteiger partial charge on any atom is 0.260 e. The quantitative estimate of drug-likeness (QED) is 0.653. The first-order chi connectivity index (χ1) is 13.5. The van der Waals surface area contributed by atoms with Crippen LogP contribution in [0.25, 0.3) is 21.3 Å². The molecule has 1 aliphatic rings. The largest absolute Gasteiger partial charge is 0.467 e. The number of nitrogens with zero attached hydrogens (tertiary/aromatic N) is 3. The number of rotatable bonds is 4. The lowest BCUT2D eigenvalue weighted by Gasteiger charge is -2.34. The number of carbonyl (C=O) groups excluding carboxylic acids is 1. The predicted octanol–water partition coefficient (Wildman–Crippen LogP) is 4.38. The van der Waals surface area contributed by atoms with E-state index >= 15 is 0 Å². The molecule has 4 rings (SSSR count). The lowest BCUT2D eigenvalue weighted by atomic mass is 9.92. The van der Waals surface area contributed by atoms with E-state index in [-0.39, 0.29) is 18.3 Å². The second-order valence-electron chi connectivity index (χ2n) is 7.55. The summed E-state index contributed by atoms with van der Waals surface area (Å²) in [6.45, 7) is 5.83. The zero-order chi connectivity index (χ0) is 19.7. The molecule has 2 atom stereocenters. The lowest BCUT2D eigenvalue weighted by molar-refractivity contribution is -0.136.